The molecular formula is C14H18BrN3. The molecular weight excluding hydrogens is 290 g/mol. The fraction of sp³-hybridized carbons (Fsp3) is 0.429. The topological polar surface area (TPSA) is 36.8 Å². The highest BCUT2D eigenvalue weighted by molar-refractivity contribution is 9.10. The van der Waals surface area contributed by atoms with Crippen molar-refractivity contribution in [3.05, 3.63) is 34.3 Å². The Morgan fingerprint density at radius 2 is 2.00 bits per heavy atom. The van der Waals surface area contributed by atoms with Crippen molar-refractivity contribution in [2.75, 3.05) is 6.54 Å². The molecule has 1 aliphatic heterocycles. The number of aliphatic imine (C=N–C) groups is 1. The molecule has 2 rings (SSSR count). The van der Waals surface area contributed by atoms with Gasteiger partial charge in [-0.2, -0.15) is 5.10 Å². The second-order valence-electron chi connectivity index (χ2n) is 4.45. The summed E-state index contributed by atoms with van der Waals surface area (Å²) in [4.78, 5) is 4.49. The van der Waals surface area contributed by atoms with E-state index in [1.54, 1.807) is 0 Å². The molecule has 3 nitrogen and oxygen atoms in total. The number of rotatable bonds is 2. The Bertz CT molecular complexity index is 449. The van der Waals surface area contributed by atoms with Crippen LogP contribution in [-0.4, -0.2) is 18.1 Å². The van der Waals surface area contributed by atoms with Crippen LogP contribution in [0.1, 0.15) is 38.2 Å². The predicted molar refractivity (Wildman–Crippen MR) is 80.3 cm³/mol. The summed E-state index contributed by atoms with van der Waals surface area (Å²) in [6, 6.07) is 8.16. The number of hydrogen-bond donors (Lipinski definition) is 1. The van der Waals surface area contributed by atoms with Gasteiger partial charge in [-0.25, -0.2) is 0 Å². The Labute approximate surface area is 117 Å². The van der Waals surface area contributed by atoms with Crippen LogP contribution in [0.5, 0.6) is 0 Å². The lowest BCUT2D eigenvalue weighted by Gasteiger charge is -2.05. The maximum Gasteiger partial charge on any atom is 0.117 e. The third-order valence-corrected chi connectivity index (χ3v) is 3.52. The molecule has 0 unspecified atom stereocenters. The fourth-order valence-electron chi connectivity index (χ4n) is 1.87. The minimum absolute atomic E-state index is 0.926. The van der Waals surface area contributed by atoms with Crippen LogP contribution in [0.2, 0.25) is 0 Å². The Morgan fingerprint density at radius 3 is 2.78 bits per heavy atom. The monoisotopic (exact) mass is 307 g/mol. The average molecular weight is 308 g/mol. The summed E-state index contributed by atoms with van der Waals surface area (Å²) < 4.78 is 1.08. The molecule has 0 saturated heterocycles. The van der Waals surface area contributed by atoms with Gasteiger partial charge in [0, 0.05) is 17.4 Å². The summed E-state index contributed by atoms with van der Waals surface area (Å²) in [5.74, 6) is 1.02. The van der Waals surface area contributed by atoms with Gasteiger partial charge in [-0.1, -0.05) is 34.5 Å². The highest BCUT2D eigenvalue weighted by Gasteiger charge is 2.03. The van der Waals surface area contributed by atoms with E-state index in [2.05, 4.69) is 43.6 Å². The first kappa shape index (κ1) is 13.3. The molecule has 0 aromatic heterocycles. The fourth-order valence-corrected chi connectivity index (χ4v) is 2.13. The zero-order chi connectivity index (χ0) is 12.8. The number of halogens is 1. The molecule has 0 atom stereocenters. The number of nitrogens with one attached hydrogen (secondary N) is 1. The summed E-state index contributed by atoms with van der Waals surface area (Å²) in [6.45, 7) is 2.93. The first-order chi connectivity index (χ1) is 8.75. The molecule has 1 aliphatic rings. The van der Waals surface area contributed by atoms with Gasteiger partial charge >= 0.3 is 0 Å². The van der Waals surface area contributed by atoms with E-state index < -0.39 is 0 Å². The molecule has 96 valence electrons. The number of hydrazone groups is 1. The van der Waals surface area contributed by atoms with Gasteiger partial charge in [-0.05, 0) is 37.5 Å². The highest BCUT2D eigenvalue weighted by atomic mass is 79.9. The normalized spacial score (nSPS) is 17.0. The third-order valence-electron chi connectivity index (χ3n) is 2.99. The molecule has 1 aromatic carbocycles. The highest BCUT2D eigenvalue weighted by Crippen LogP contribution is 2.11. The van der Waals surface area contributed by atoms with Crippen molar-refractivity contribution in [1.82, 2.24) is 5.43 Å². The third kappa shape index (κ3) is 3.95. The summed E-state index contributed by atoms with van der Waals surface area (Å²) in [5, 5.41) is 4.41. The van der Waals surface area contributed by atoms with E-state index in [-0.39, 0.29) is 0 Å². The van der Waals surface area contributed by atoms with E-state index in [4.69, 9.17) is 0 Å². The van der Waals surface area contributed by atoms with Gasteiger partial charge in [0.25, 0.3) is 0 Å². The largest absolute Gasteiger partial charge is 0.271 e. The van der Waals surface area contributed by atoms with Crippen LogP contribution in [-0.2, 0) is 0 Å². The van der Waals surface area contributed by atoms with Crippen LogP contribution >= 0.6 is 15.9 Å². The Balaban J connectivity index is 1.99. The molecule has 1 aromatic rings. The Kier molecular flexibility index (Phi) is 4.93. The molecule has 0 amide bonds. The minimum atomic E-state index is 0.926. The number of amidine groups is 1. The standard InChI is InChI=1S/C14H18BrN3/c1-11(12-6-8-13(15)9-7-12)17-18-14-5-3-2-4-10-16-14/h6-9H,2-5,10H2,1H3,(H,16,18). The van der Waals surface area contributed by atoms with Crippen LogP contribution in [0.15, 0.2) is 38.8 Å². The molecule has 18 heavy (non-hydrogen) atoms. The first-order valence-electron chi connectivity index (χ1n) is 6.35. The molecule has 1 N–H and O–H groups in total. The molecule has 0 bridgehead atoms. The Morgan fingerprint density at radius 1 is 1.22 bits per heavy atom. The number of hydrogen-bond acceptors (Lipinski definition) is 3. The minimum Gasteiger partial charge on any atom is -0.271 e. The van der Waals surface area contributed by atoms with E-state index >= 15 is 0 Å². The van der Waals surface area contributed by atoms with Gasteiger partial charge in [0.2, 0.25) is 0 Å². The van der Waals surface area contributed by atoms with Crippen LogP contribution in [0, 0.1) is 0 Å². The van der Waals surface area contributed by atoms with Crippen molar-refractivity contribution in [1.29, 1.82) is 0 Å². The van der Waals surface area contributed by atoms with Gasteiger partial charge in [-0.15, -0.1) is 0 Å². The van der Waals surface area contributed by atoms with Crippen molar-refractivity contribution in [3.63, 3.8) is 0 Å². The summed E-state index contributed by atoms with van der Waals surface area (Å²) in [6.07, 6.45) is 4.68. The van der Waals surface area contributed by atoms with Gasteiger partial charge in [0.1, 0.15) is 5.84 Å². The lowest BCUT2D eigenvalue weighted by atomic mass is 10.1. The molecule has 0 fully saturated rings. The van der Waals surface area contributed by atoms with E-state index in [1.807, 2.05) is 19.1 Å². The van der Waals surface area contributed by atoms with Crippen molar-refractivity contribution >= 4 is 27.5 Å². The quantitative estimate of drug-likeness (QED) is 0.656. The van der Waals surface area contributed by atoms with Crippen molar-refractivity contribution in [3.8, 4) is 0 Å². The zero-order valence-corrected chi connectivity index (χ0v) is 12.2. The van der Waals surface area contributed by atoms with Crippen LogP contribution in [0.25, 0.3) is 0 Å². The molecule has 1 heterocycles. The summed E-state index contributed by atoms with van der Waals surface area (Å²) >= 11 is 3.43. The second kappa shape index (κ2) is 6.69. The average Bonchev–Trinajstić information content (AvgIpc) is 2.65. The van der Waals surface area contributed by atoms with Gasteiger partial charge < -0.3 is 0 Å². The summed E-state index contributed by atoms with van der Waals surface area (Å²) in [5.41, 5.74) is 5.21. The molecule has 0 spiro atoms. The van der Waals surface area contributed by atoms with E-state index in [0.717, 1.165) is 34.5 Å². The van der Waals surface area contributed by atoms with Crippen LogP contribution in [0.4, 0.5) is 0 Å². The van der Waals surface area contributed by atoms with Crippen LogP contribution < -0.4 is 5.43 Å². The van der Waals surface area contributed by atoms with Crippen molar-refractivity contribution in [2.24, 2.45) is 10.1 Å². The molecule has 4 heteroatoms. The number of nitrogens with zero attached hydrogens (tertiary/aromatic N) is 2. The van der Waals surface area contributed by atoms with Gasteiger partial charge in [-0.3, -0.25) is 10.4 Å². The van der Waals surface area contributed by atoms with Crippen molar-refractivity contribution < 1.29 is 0 Å². The lowest BCUT2D eigenvalue weighted by Crippen LogP contribution is -2.19. The maximum absolute atomic E-state index is 4.49. The predicted octanol–water partition coefficient (Wildman–Crippen LogP) is 3.74. The van der Waals surface area contributed by atoms with E-state index in [0.29, 0.717) is 0 Å². The van der Waals surface area contributed by atoms with Crippen molar-refractivity contribution in [2.45, 2.75) is 32.6 Å². The zero-order valence-electron chi connectivity index (χ0n) is 10.6. The smallest absolute Gasteiger partial charge is 0.117 e. The Hall–Kier alpha value is -1.16. The SMILES string of the molecule is CC(=NNC1=NCCCCC1)c1ccc(Br)cc1. The molecule has 0 aliphatic carbocycles. The second-order valence-corrected chi connectivity index (χ2v) is 5.37. The molecule has 0 saturated carbocycles. The van der Waals surface area contributed by atoms with E-state index in [1.165, 1.54) is 19.3 Å². The molecule has 0 radical (unpaired) electrons. The lowest BCUT2D eigenvalue weighted by molar-refractivity contribution is 0.729. The number of benzene rings is 1. The van der Waals surface area contributed by atoms with Crippen LogP contribution in [0.3, 0.4) is 0 Å². The van der Waals surface area contributed by atoms with Gasteiger partial charge in [0.15, 0.2) is 0 Å². The first-order valence-corrected chi connectivity index (χ1v) is 7.14. The maximum atomic E-state index is 4.49. The van der Waals surface area contributed by atoms with Gasteiger partial charge in [0.05, 0.1) is 5.71 Å². The van der Waals surface area contributed by atoms with E-state index in [9.17, 15) is 0 Å². The summed E-state index contributed by atoms with van der Waals surface area (Å²) in [7, 11) is 0.